The summed E-state index contributed by atoms with van der Waals surface area (Å²) in [7, 11) is 0. The highest BCUT2D eigenvalue weighted by molar-refractivity contribution is 5.91. The third-order valence-corrected chi connectivity index (χ3v) is 4.87. The molecule has 1 N–H and O–H groups in total. The topological polar surface area (TPSA) is 66.8 Å². The highest BCUT2D eigenvalue weighted by Crippen LogP contribution is 2.25. The molecule has 0 aliphatic heterocycles. The number of rotatable bonds is 8. The van der Waals surface area contributed by atoms with Crippen molar-refractivity contribution in [1.82, 2.24) is 4.90 Å². The lowest BCUT2D eigenvalue weighted by Gasteiger charge is -2.30. The Balaban J connectivity index is 1.84. The van der Waals surface area contributed by atoms with Crippen molar-refractivity contribution in [2.24, 2.45) is 0 Å². The van der Waals surface area contributed by atoms with Crippen LogP contribution in [0.3, 0.4) is 0 Å². The molecule has 1 amide bonds. The van der Waals surface area contributed by atoms with Crippen LogP contribution in [0.2, 0.25) is 0 Å². The van der Waals surface area contributed by atoms with E-state index < -0.39 is 30.1 Å². The van der Waals surface area contributed by atoms with Crippen molar-refractivity contribution >= 4 is 11.9 Å². The van der Waals surface area contributed by atoms with E-state index in [1.165, 1.54) is 29.2 Å². The van der Waals surface area contributed by atoms with Crippen molar-refractivity contribution in [3.05, 3.63) is 101 Å². The number of carboxylic acid groups (broad SMARTS) is 1. The monoisotopic (exact) mass is 425 g/mol. The van der Waals surface area contributed by atoms with E-state index in [0.717, 1.165) is 11.6 Å². The zero-order valence-electron chi connectivity index (χ0n) is 16.8. The van der Waals surface area contributed by atoms with Crippen LogP contribution in [0.25, 0.3) is 0 Å². The van der Waals surface area contributed by atoms with Gasteiger partial charge in [-0.05, 0) is 42.3 Å². The first-order chi connectivity index (χ1) is 14.9. The number of hydrogen-bond donors (Lipinski definition) is 1. The number of benzene rings is 3. The molecule has 0 radical (unpaired) electrons. The smallest absolute Gasteiger partial charge is 0.339 e. The number of ether oxygens (including phenoxy) is 1. The number of amides is 1. The Bertz CT molecular complexity index is 1050. The molecule has 1 atom stereocenters. The summed E-state index contributed by atoms with van der Waals surface area (Å²) in [5.41, 5.74) is 1.21. The van der Waals surface area contributed by atoms with E-state index in [-0.39, 0.29) is 24.0 Å². The minimum Gasteiger partial charge on any atom is -0.480 e. The fraction of sp³-hybridized carbons (Fsp3) is 0.167. The van der Waals surface area contributed by atoms with Gasteiger partial charge in [-0.2, -0.15) is 0 Å². The molecule has 5 nitrogen and oxygen atoms in total. The molecule has 0 fully saturated rings. The molecule has 7 heteroatoms. The summed E-state index contributed by atoms with van der Waals surface area (Å²) in [5, 5.41) is 9.25. The number of halogens is 2. The maximum atomic E-state index is 14.1. The van der Waals surface area contributed by atoms with Gasteiger partial charge in [-0.15, -0.1) is 0 Å². The highest BCUT2D eigenvalue weighted by Gasteiger charge is 2.24. The van der Waals surface area contributed by atoms with Crippen molar-refractivity contribution in [3.8, 4) is 5.75 Å². The zero-order chi connectivity index (χ0) is 22.4. The van der Waals surface area contributed by atoms with Gasteiger partial charge < -0.3 is 14.7 Å². The number of carbonyl (C=O) groups excluding carboxylic acids is 1. The molecule has 0 saturated heterocycles. The Kier molecular flexibility index (Phi) is 6.97. The first-order valence-corrected chi connectivity index (χ1v) is 9.60. The maximum Gasteiger partial charge on any atom is 0.339 e. The molecule has 3 aromatic rings. The van der Waals surface area contributed by atoms with Gasteiger partial charge in [0.15, 0.2) is 18.2 Å². The molecule has 0 heterocycles. The van der Waals surface area contributed by atoms with Gasteiger partial charge >= 0.3 is 5.97 Å². The molecular formula is C24H21F2NO4. The Morgan fingerprint density at radius 1 is 0.968 bits per heavy atom. The molecule has 3 aromatic carbocycles. The van der Waals surface area contributed by atoms with Crippen LogP contribution >= 0.6 is 0 Å². The van der Waals surface area contributed by atoms with Crippen molar-refractivity contribution in [1.29, 1.82) is 0 Å². The van der Waals surface area contributed by atoms with Gasteiger partial charge in [-0.3, -0.25) is 4.79 Å². The molecule has 0 aliphatic carbocycles. The van der Waals surface area contributed by atoms with E-state index >= 15 is 0 Å². The van der Waals surface area contributed by atoms with Crippen LogP contribution in [-0.4, -0.2) is 28.5 Å². The normalized spacial score (nSPS) is 11.6. The number of para-hydroxylation sites is 1. The molecule has 31 heavy (non-hydrogen) atoms. The molecule has 3 rings (SSSR count). The molecule has 0 saturated carbocycles. The summed E-state index contributed by atoms with van der Waals surface area (Å²) >= 11 is 0. The van der Waals surface area contributed by atoms with Gasteiger partial charge in [0.25, 0.3) is 5.91 Å². The van der Waals surface area contributed by atoms with Crippen molar-refractivity contribution in [3.63, 3.8) is 0 Å². The second-order valence-corrected chi connectivity index (χ2v) is 6.95. The van der Waals surface area contributed by atoms with Crippen LogP contribution in [0.15, 0.2) is 72.8 Å². The van der Waals surface area contributed by atoms with Crippen LogP contribution in [0.5, 0.6) is 5.75 Å². The molecule has 0 aromatic heterocycles. The molecule has 0 bridgehead atoms. The summed E-state index contributed by atoms with van der Waals surface area (Å²) in [5.74, 6) is -3.57. The van der Waals surface area contributed by atoms with Gasteiger partial charge in [0.05, 0.1) is 6.04 Å². The first kappa shape index (κ1) is 22.0. The number of carboxylic acids is 1. The van der Waals surface area contributed by atoms with Crippen LogP contribution in [-0.2, 0) is 11.3 Å². The maximum absolute atomic E-state index is 14.1. The van der Waals surface area contributed by atoms with Crippen LogP contribution in [0.1, 0.15) is 34.5 Å². The summed E-state index contributed by atoms with van der Waals surface area (Å²) < 4.78 is 32.7. The first-order valence-electron chi connectivity index (χ1n) is 9.60. The lowest BCUT2D eigenvalue weighted by molar-refractivity contribution is -0.136. The second kappa shape index (κ2) is 9.84. The fourth-order valence-electron chi connectivity index (χ4n) is 3.18. The third-order valence-electron chi connectivity index (χ3n) is 4.87. The van der Waals surface area contributed by atoms with Crippen LogP contribution in [0.4, 0.5) is 8.78 Å². The minimum absolute atomic E-state index is 0.168. The van der Waals surface area contributed by atoms with Crippen LogP contribution < -0.4 is 4.74 Å². The molecular weight excluding hydrogens is 404 g/mol. The number of hydrogen-bond acceptors (Lipinski definition) is 3. The van der Waals surface area contributed by atoms with Gasteiger partial charge in [-0.25, -0.2) is 13.6 Å². The van der Waals surface area contributed by atoms with E-state index in [1.54, 1.807) is 12.1 Å². The molecule has 0 aliphatic rings. The molecule has 0 spiro atoms. The Labute approximate surface area is 178 Å². The van der Waals surface area contributed by atoms with Crippen molar-refractivity contribution < 1.29 is 28.2 Å². The summed E-state index contributed by atoms with van der Waals surface area (Å²) in [6.07, 6.45) is 0. The van der Waals surface area contributed by atoms with Crippen LogP contribution in [0, 0.1) is 11.6 Å². The fourth-order valence-corrected chi connectivity index (χ4v) is 3.18. The minimum atomic E-state index is -1.36. The third kappa shape index (κ3) is 5.45. The van der Waals surface area contributed by atoms with Crippen molar-refractivity contribution in [2.45, 2.75) is 19.5 Å². The van der Waals surface area contributed by atoms with Gasteiger partial charge in [0.2, 0.25) is 0 Å². The summed E-state index contributed by atoms with van der Waals surface area (Å²) in [4.78, 5) is 25.9. The second-order valence-electron chi connectivity index (χ2n) is 6.95. The van der Waals surface area contributed by atoms with E-state index in [1.807, 2.05) is 37.3 Å². The predicted molar refractivity (Wildman–Crippen MR) is 111 cm³/mol. The lowest BCUT2D eigenvalue weighted by atomic mass is 10.1. The molecule has 160 valence electrons. The van der Waals surface area contributed by atoms with E-state index in [9.17, 15) is 23.5 Å². The Morgan fingerprint density at radius 3 is 2.29 bits per heavy atom. The zero-order valence-corrected chi connectivity index (χ0v) is 16.8. The Hall–Kier alpha value is -3.74. The number of nitrogens with zero attached hydrogens (tertiary/aromatic N) is 1. The quantitative estimate of drug-likeness (QED) is 0.561. The van der Waals surface area contributed by atoms with E-state index in [2.05, 4.69) is 0 Å². The molecule has 1 unspecified atom stereocenters. The van der Waals surface area contributed by atoms with Gasteiger partial charge in [0.1, 0.15) is 11.4 Å². The predicted octanol–water partition coefficient (Wildman–Crippen LogP) is 4.83. The lowest BCUT2D eigenvalue weighted by Crippen LogP contribution is -2.36. The Morgan fingerprint density at radius 2 is 1.65 bits per heavy atom. The SMILES string of the molecule is CC(c1ccccc1)N(Cc1ccc(F)cc1)C(=O)COc1c(F)cccc1C(=O)O. The van der Waals surface area contributed by atoms with Gasteiger partial charge in [-0.1, -0.05) is 48.5 Å². The van der Waals surface area contributed by atoms with Crippen molar-refractivity contribution in [2.75, 3.05) is 6.61 Å². The summed E-state index contributed by atoms with van der Waals surface area (Å²) in [6.45, 7) is 1.45. The van der Waals surface area contributed by atoms with E-state index in [4.69, 9.17) is 4.74 Å². The standard InChI is InChI=1S/C24H21F2NO4/c1-16(18-6-3-2-4-7-18)27(14-17-10-12-19(25)13-11-17)22(28)15-31-23-20(24(29)30)8-5-9-21(23)26/h2-13,16H,14-15H2,1H3,(H,29,30). The highest BCUT2D eigenvalue weighted by atomic mass is 19.1. The van der Waals surface area contributed by atoms with Gasteiger partial charge in [0, 0.05) is 6.54 Å². The number of carbonyl (C=O) groups is 2. The largest absolute Gasteiger partial charge is 0.480 e. The van der Waals surface area contributed by atoms with E-state index in [0.29, 0.717) is 5.56 Å². The summed E-state index contributed by atoms with van der Waals surface area (Å²) in [6, 6.07) is 18.2. The average Bonchev–Trinajstić information content (AvgIpc) is 2.77. The average molecular weight is 425 g/mol. The number of aromatic carboxylic acids is 1.